The third-order valence-electron chi connectivity index (χ3n) is 2.18. The molecule has 0 unspecified atom stereocenters. The van der Waals surface area contributed by atoms with Gasteiger partial charge >= 0.3 is 0 Å². The summed E-state index contributed by atoms with van der Waals surface area (Å²) in [5.41, 5.74) is 0. The molecule has 58 valence electrons. The first-order chi connectivity index (χ1) is 4.75. The van der Waals surface area contributed by atoms with Crippen LogP contribution in [0.3, 0.4) is 0 Å². The molecule has 1 heterocycles. The van der Waals surface area contributed by atoms with Crippen LogP contribution in [0, 0.1) is 0 Å². The first kappa shape index (κ1) is 7.58. The zero-order valence-corrected chi connectivity index (χ0v) is 6.76. The Labute approximate surface area is 62.2 Å². The van der Waals surface area contributed by atoms with Crippen LogP contribution < -0.4 is 0 Å². The van der Waals surface area contributed by atoms with Gasteiger partial charge in [-0.3, -0.25) is 4.79 Å². The number of likely N-dealkylation sites (tertiary alicyclic amines) is 1. The van der Waals surface area contributed by atoms with Crippen molar-refractivity contribution in [1.29, 1.82) is 0 Å². The maximum atomic E-state index is 11.2. The summed E-state index contributed by atoms with van der Waals surface area (Å²) in [6, 6.07) is 0.493. The predicted octanol–water partition coefficient (Wildman–Crippen LogP) is 1.41. The zero-order valence-electron chi connectivity index (χ0n) is 6.76. The fourth-order valence-corrected chi connectivity index (χ4v) is 1.51. The summed E-state index contributed by atoms with van der Waals surface area (Å²) < 4.78 is 0. The molecule has 0 aromatic carbocycles. The molecule has 10 heavy (non-hydrogen) atoms. The second-order valence-electron chi connectivity index (χ2n) is 2.93. The molecule has 1 fully saturated rings. The van der Waals surface area contributed by atoms with Crippen LogP contribution in [0.15, 0.2) is 0 Å². The van der Waals surface area contributed by atoms with E-state index in [1.165, 1.54) is 12.8 Å². The molecule has 0 aromatic rings. The van der Waals surface area contributed by atoms with Gasteiger partial charge in [0.25, 0.3) is 0 Å². The van der Waals surface area contributed by atoms with E-state index in [2.05, 4.69) is 6.92 Å². The molecule has 0 aliphatic carbocycles. The highest BCUT2D eigenvalue weighted by atomic mass is 16.2. The summed E-state index contributed by atoms with van der Waals surface area (Å²) in [7, 11) is 0. The molecule has 0 aromatic heterocycles. The first-order valence-electron chi connectivity index (χ1n) is 4.05. The smallest absolute Gasteiger partial charge is 0.222 e. The summed E-state index contributed by atoms with van der Waals surface area (Å²) in [6.07, 6.45) is 3.03. The Morgan fingerprint density at radius 3 is 2.80 bits per heavy atom. The summed E-state index contributed by atoms with van der Waals surface area (Å²) in [6.45, 7) is 5.03. The number of nitrogens with zero attached hydrogens (tertiary/aromatic N) is 1. The van der Waals surface area contributed by atoms with E-state index >= 15 is 0 Å². The lowest BCUT2D eigenvalue weighted by atomic mass is 10.2. The summed E-state index contributed by atoms with van der Waals surface area (Å²) in [5.74, 6) is 0.310. The number of hydrogen-bond donors (Lipinski definition) is 0. The minimum atomic E-state index is 0.310. The monoisotopic (exact) mass is 141 g/mol. The average molecular weight is 141 g/mol. The van der Waals surface area contributed by atoms with E-state index in [9.17, 15) is 4.79 Å². The number of hydrogen-bond acceptors (Lipinski definition) is 1. The van der Waals surface area contributed by atoms with Crippen molar-refractivity contribution in [3.8, 4) is 0 Å². The predicted molar refractivity (Wildman–Crippen MR) is 40.7 cm³/mol. The topological polar surface area (TPSA) is 20.3 Å². The van der Waals surface area contributed by atoms with Gasteiger partial charge in [-0.1, -0.05) is 6.92 Å². The SMILES string of the molecule is CCC(=O)N1CCC[C@H]1C. The van der Waals surface area contributed by atoms with E-state index in [1.807, 2.05) is 11.8 Å². The fraction of sp³-hybridized carbons (Fsp3) is 0.875. The van der Waals surface area contributed by atoms with Crippen molar-refractivity contribution in [2.24, 2.45) is 0 Å². The van der Waals surface area contributed by atoms with E-state index in [0.29, 0.717) is 18.4 Å². The van der Waals surface area contributed by atoms with Crippen LogP contribution >= 0.6 is 0 Å². The van der Waals surface area contributed by atoms with Crippen LogP contribution in [0.4, 0.5) is 0 Å². The normalized spacial score (nSPS) is 25.4. The second kappa shape index (κ2) is 3.04. The van der Waals surface area contributed by atoms with Crippen molar-refractivity contribution in [2.45, 2.75) is 39.2 Å². The van der Waals surface area contributed by atoms with E-state index in [0.717, 1.165) is 6.54 Å². The number of rotatable bonds is 1. The van der Waals surface area contributed by atoms with Gasteiger partial charge in [0.05, 0.1) is 0 Å². The van der Waals surface area contributed by atoms with Crippen molar-refractivity contribution in [3.05, 3.63) is 0 Å². The molecule has 2 heteroatoms. The van der Waals surface area contributed by atoms with Crippen LogP contribution in [0.1, 0.15) is 33.1 Å². The lowest BCUT2D eigenvalue weighted by Crippen LogP contribution is -2.32. The first-order valence-corrected chi connectivity index (χ1v) is 4.05. The number of carbonyl (C=O) groups is 1. The highest BCUT2D eigenvalue weighted by Gasteiger charge is 2.23. The quantitative estimate of drug-likeness (QED) is 0.540. The molecule has 1 amide bonds. The molecule has 1 rings (SSSR count). The number of carbonyl (C=O) groups excluding carboxylic acids is 1. The second-order valence-corrected chi connectivity index (χ2v) is 2.93. The van der Waals surface area contributed by atoms with Crippen LogP contribution in [-0.4, -0.2) is 23.4 Å². The Morgan fingerprint density at radius 2 is 2.40 bits per heavy atom. The average Bonchev–Trinajstić information content (AvgIpc) is 2.34. The van der Waals surface area contributed by atoms with Gasteiger partial charge in [0.1, 0.15) is 0 Å². The largest absolute Gasteiger partial charge is 0.340 e. The minimum absolute atomic E-state index is 0.310. The van der Waals surface area contributed by atoms with Gasteiger partial charge in [-0.05, 0) is 19.8 Å². The molecular formula is C8H15NO. The lowest BCUT2D eigenvalue weighted by molar-refractivity contribution is -0.131. The Morgan fingerprint density at radius 1 is 1.70 bits per heavy atom. The lowest BCUT2D eigenvalue weighted by Gasteiger charge is -2.20. The van der Waals surface area contributed by atoms with Crippen LogP contribution in [-0.2, 0) is 4.79 Å². The van der Waals surface area contributed by atoms with E-state index in [1.54, 1.807) is 0 Å². The molecule has 1 aliphatic heterocycles. The molecular weight excluding hydrogens is 126 g/mol. The van der Waals surface area contributed by atoms with Crippen LogP contribution in [0.5, 0.6) is 0 Å². The molecule has 1 atom stereocenters. The molecule has 0 N–H and O–H groups in total. The van der Waals surface area contributed by atoms with E-state index in [4.69, 9.17) is 0 Å². The van der Waals surface area contributed by atoms with Crippen molar-refractivity contribution in [3.63, 3.8) is 0 Å². The van der Waals surface area contributed by atoms with Crippen molar-refractivity contribution in [1.82, 2.24) is 4.90 Å². The molecule has 1 saturated heterocycles. The minimum Gasteiger partial charge on any atom is -0.340 e. The molecule has 0 spiro atoms. The third kappa shape index (κ3) is 1.31. The number of amides is 1. The third-order valence-corrected chi connectivity index (χ3v) is 2.18. The maximum absolute atomic E-state index is 11.2. The molecule has 0 saturated carbocycles. The van der Waals surface area contributed by atoms with E-state index < -0.39 is 0 Å². The standard InChI is InChI=1S/C8H15NO/c1-3-8(10)9-6-4-5-7(9)2/h7H,3-6H2,1-2H3/t7-/m1/s1. The fourth-order valence-electron chi connectivity index (χ4n) is 1.51. The van der Waals surface area contributed by atoms with E-state index in [-0.39, 0.29) is 0 Å². The summed E-state index contributed by atoms with van der Waals surface area (Å²) >= 11 is 0. The van der Waals surface area contributed by atoms with Crippen LogP contribution in [0.25, 0.3) is 0 Å². The van der Waals surface area contributed by atoms with Gasteiger partial charge in [0.15, 0.2) is 0 Å². The van der Waals surface area contributed by atoms with Gasteiger partial charge in [0.2, 0.25) is 5.91 Å². The molecule has 2 nitrogen and oxygen atoms in total. The Hall–Kier alpha value is -0.530. The maximum Gasteiger partial charge on any atom is 0.222 e. The highest BCUT2D eigenvalue weighted by Crippen LogP contribution is 2.16. The van der Waals surface area contributed by atoms with Gasteiger partial charge in [0, 0.05) is 19.0 Å². The molecule has 0 radical (unpaired) electrons. The van der Waals surface area contributed by atoms with Crippen molar-refractivity contribution < 1.29 is 4.79 Å². The van der Waals surface area contributed by atoms with Crippen molar-refractivity contribution in [2.75, 3.05) is 6.54 Å². The van der Waals surface area contributed by atoms with Crippen molar-refractivity contribution >= 4 is 5.91 Å². The highest BCUT2D eigenvalue weighted by molar-refractivity contribution is 5.76. The summed E-state index contributed by atoms with van der Waals surface area (Å²) in [4.78, 5) is 13.1. The van der Waals surface area contributed by atoms with Crippen LogP contribution in [0.2, 0.25) is 0 Å². The summed E-state index contributed by atoms with van der Waals surface area (Å²) in [5, 5.41) is 0. The van der Waals surface area contributed by atoms with Gasteiger partial charge in [-0.2, -0.15) is 0 Å². The Bertz CT molecular complexity index is 133. The van der Waals surface area contributed by atoms with Gasteiger partial charge < -0.3 is 4.90 Å². The van der Waals surface area contributed by atoms with Gasteiger partial charge in [-0.25, -0.2) is 0 Å². The molecule has 1 aliphatic rings. The molecule has 0 bridgehead atoms. The Kier molecular flexibility index (Phi) is 2.30. The Balaban J connectivity index is 2.46. The zero-order chi connectivity index (χ0) is 7.56. The van der Waals surface area contributed by atoms with Gasteiger partial charge in [-0.15, -0.1) is 0 Å².